The van der Waals surface area contributed by atoms with Crippen molar-refractivity contribution in [2.75, 3.05) is 0 Å². The summed E-state index contributed by atoms with van der Waals surface area (Å²) >= 11 is 0. The Morgan fingerprint density at radius 3 is 2.50 bits per heavy atom. The fourth-order valence-corrected chi connectivity index (χ4v) is 0.351. The molecule has 0 spiro atoms. The Labute approximate surface area is 69.8 Å². The van der Waals surface area contributed by atoms with Gasteiger partial charge in [-0.25, -0.2) is 9.59 Å². The summed E-state index contributed by atoms with van der Waals surface area (Å²) < 4.78 is 0. The van der Waals surface area contributed by atoms with Gasteiger partial charge in [-0.05, 0) is 6.92 Å². The summed E-state index contributed by atoms with van der Waals surface area (Å²) in [6.45, 7) is 2.89. The topological polar surface area (TPSA) is 61.8 Å². The van der Waals surface area contributed by atoms with Crippen LogP contribution in [0.15, 0.2) is 12.2 Å². The zero-order chi connectivity index (χ0) is 9.40. The van der Waals surface area contributed by atoms with E-state index in [4.69, 9.17) is 0 Å². The van der Waals surface area contributed by atoms with E-state index in [1.54, 1.807) is 19.1 Å². The molecule has 5 heteroatoms. The number of hydrogen-bond donors (Lipinski definition) is 0. The Kier molecular flexibility index (Phi) is 5.64. The first-order chi connectivity index (χ1) is 5.66. The molecule has 0 saturated carbocycles. The summed E-state index contributed by atoms with van der Waals surface area (Å²) in [5.41, 5.74) is 0. The number of hydrogen-bond acceptors (Lipinski definition) is 5. The van der Waals surface area contributed by atoms with Crippen molar-refractivity contribution in [2.24, 2.45) is 0 Å². The highest BCUT2D eigenvalue weighted by atomic mass is 17.5. The van der Waals surface area contributed by atoms with Crippen LogP contribution in [0, 0.1) is 0 Å². The minimum Gasteiger partial charge on any atom is -0.260 e. The van der Waals surface area contributed by atoms with E-state index in [9.17, 15) is 9.59 Å². The summed E-state index contributed by atoms with van der Waals surface area (Å²) in [5, 5.41) is 3.82. The first-order valence-electron chi connectivity index (χ1n) is 3.32. The molecule has 12 heavy (non-hydrogen) atoms. The first kappa shape index (κ1) is 10.6. The van der Waals surface area contributed by atoms with Crippen LogP contribution < -0.4 is 0 Å². The minimum absolute atomic E-state index is 0.0811. The average Bonchev–Trinajstić information content (AvgIpc) is 2.00. The lowest BCUT2D eigenvalue weighted by Gasteiger charge is -1.97. The number of carbonyl (C=O) groups is 2. The Balaban J connectivity index is 3.38. The molecule has 0 unspecified atom stereocenters. The van der Waals surface area contributed by atoms with Crippen LogP contribution in [0.2, 0.25) is 0 Å². The molecule has 0 heterocycles. The normalized spacial score (nSPS) is 9.83. The van der Waals surface area contributed by atoms with Gasteiger partial charge in [-0.3, -0.25) is 9.78 Å². The van der Waals surface area contributed by atoms with E-state index in [-0.39, 0.29) is 6.42 Å². The predicted octanol–water partition coefficient (Wildman–Crippen LogP) is 0.905. The van der Waals surface area contributed by atoms with E-state index >= 15 is 0 Å². The Bertz CT molecular complexity index is 184. The van der Waals surface area contributed by atoms with Crippen LogP contribution in [-0.4, -0.2) is 11.9 Å². The Morgan fingerprint density at radius 1 is 1.33 bits per heavy atom. The van der Waals surface area contributed by atoms with Gasteiger partial charge in [0.2, 0.25) is 0 Å². The molecule has 0 radical (unpaired) electrons. The lowest BCUT2D eigenvalue weighted by molar-refractivity contribution is -0.458. The minimum atomic E-state index is -0.686. The zero-order valence-electron chi connectivity index (χ0n) is 6.90. The van der Waals surface area contributed by atoms with Gasteiger partial charge in [0.1, 0.15) is 0 Å². The molecular weight excluding hydrogens is 164 g/mol. The SMILES string of the molecule is C/C=C/CC(=O)OOOC(C)=O. The average molecular weight is 174 g/mol. The lowest BCUT2D eigenvalue weighted by Crippen LogP contribution is -2.07. The van der Waals surface area contributed by atoms with Crippen molar-refractivity contribution in [2.45, 2.75) is 20.3 Å². The van der Waals surface area contributed by atoms with E-state index in [1.165, 1.54) is 0 Å². The van der Waals surface area contributed by atoms with Gasteiger partial charge in [-0.15, -0.1) is 0 Å². The van der Waals surface area contributed by atoms with Gasteiger partial charge in [0.15, 0.2) is 0 Å². The van der Waals surface area contributed by atoms with Crippen LogP contribution in [0.4, 0.5) is 0 Å². The highest BCUT2D eigenvalue weighted by Crippen LogP contribution is 1.90. The number of carbonyl (C=O) groups excluding carboxylic acids is 2. The molecule has 0 aromatic rings. The molecule has 5 nitrogen and oxygen atoms in total. The summed E-state index contributed by atoms with van der Waals surface area (Å²) in [5.74, 6) is -1.32. The second-order valence-electron chi connectivity index (χ2n) is 1.87. The summed E-state index contributed by atoms with van der Waals surface area (Å²) in [4.78, 5) is 28.6. The van der Waals surface area contributed by atoms with Crippen LogP contribution in [0.25, 0.3) is 0 Å². The fraction of sp³-hybridized carbons (Fsp3) is 0.429. The van der Waals surface area contributed by atoms with Gasteiger partial charge in [-0.1, -0.05) is 12.2 Å². The number of rotatable bonds is 4. The quantitative estimate of drug-likeness (QED) is 0.360. The fourth-order valence-electron chi connectivity index (χ4n) is 0.351. The maximum atomic E-state index is 10.6. The van der Waals surface area contributed by atoms with Crippen LogP contribution in [0.1, 0.15) is 20.3 Å². The molecular formula is C7H10O5. The van der Waals surface area contributed by atoms with E-state index in [2.05, 4.69) is 14.8 Å². The molecule has 0 amide bonds. The van der Waals surface area contributed by atoms with Crippen molar-refractivity contribution in [3.8, 4) is 0 Å². The molecule has 0 rings (SSSR count). The second-order valence-corrected chi connectivity index (χ2v) is 1.87. The van der Waals surface area contributed by atoms with Crippen molar-refractivity contribution < 1.29 is 24.4 Å². The zero-order valence-corrected chi connectivity index (χ0v) is 6.90. The van der Waals surface area contributed by atoms with E-state index in [0.29, 0.717) is 0 Å². The van der Waals surface area contributed by atoms with Crippen LogP contribution in [0.3, 0.4) is 0 Å². The van der Waals surface area contributed by atoms with Crippen molar-refractivity contribution in [1.82, 2.24) is 0 Å². The van der Waals surface area contributed by atoms with Crippen molar-refractivity contribution >= 4 is 11.9 Å². The molecule has 68 valence electrons. The lowest BCUT2D eigenvalue weighted by atomic mass is 10.4. The van der Waals surface area contributed by atoms with Crippen molar-refractivity contribution in [3.05, 3.63) is 12.2 Å². The van der Waals surface area contributed by atoms with E-state index in [1.807, 2.05) is 0 Å². The maximum absolute atomic E-state index is 10.6. The molecule has 0 fully saturated rings. The molecule has 0 bridgehead atoms. The monoisotopic (exact) mass is 174 g/mol. The number of allylic oxidation sites excluding steroid dienone is 1. The summed E-state index contributed by atoms with van der Waals surface area (Å²) in [6.07, 6.45) is 3.35. The predicted molar refractivity (Wildman–Crippen MR) is 38.4 cm³/mol. The van der Waals surface area contributed by atoms with E-state index < -0.39 is 11.9 Å². The molecule has 0 aromatic heterocycles. The third-order valence-corrected chi connectivity index (χ3v) is 0.799. The summed E-state index contributed by atoms with van der Waals surface area (Å²) in [6, 6.07) is 0. The van der Waals surface area contributed by atoms with Gasteiger partial charge in [0.25, 0.3) is 0 Å². The molecule has 0 aliphatic carbocycles. The van der Waals surface area contributed by atoms with Crippen LogP contribution in [-0.2, 0) is 24.4 Å². The molecule has 0 aliphatic heterocycles. The second kappa shape index (κ2) is 6.36. The highest BCUT2D eigenvalue weighted by molar-refractivity contribution is 5.70. The van der Waals surface area contributed by atoms with Gasteiger partial charge in [0, 0.05) is 12.0 Å². The molecule has 0 aliphatic rings. The van der Waals surface area contributed by atoms with Crippen LogP contribution in [0.5, 0.6) is 0 Å². The van der Waals surface area contributed by atoms with Crippen molar-refractivity contribution in [1.29, 1.82) is 0 Å². The molecule has 0 aromatic carbocycles. The van der Waals surface area contributed by atoms with Gasteiger partial charge < -0.3 is 0 Å². The van der Waals surface area contributed by atoms with Crippen LogP contribution >= 0.6 is 0 Å². The Morgan fingerprint density at radius 2 is 2.00 bits per heavy atom. The standard InChI is InChI=1S/C7H10O5/c1-3-4-5-7(9)11-12-10-6(2)8/h3-4H,5H2,1-2H3/b4-3+. The highest BCUT2D eigenvalue weighted by Gasteiger charge is 2.02. The van der Waals surface area contributed by atoms with Gasteiger partial charge in [-0.2, -0.15) is 0 Å². The third kappa shape index (κ3) is 6.76. The van der Waals surface area contributed by atoms with E-state index in [0.717, 1.165) is 6.92 Å². The molecule has 0 atom stereocenters. The van der Waals surface area contributed by atoms with Gasteiger partial charge in [0.05, 0.1) is 6.42 Å². The molecule has 0 N–H and O–H groups in total. The van der Waals surface area contributed by atoms with Gasteiger partial charge >= 0.3 is 11.9 Å². The first-order valence-corrected chi connectivity index (χ1v) is 3.32. The molecule has 0 saturated heterocycles. The third-order valence-electron chi connectivity index (χ3n) is 0.799. The van der Waals surface area contributed by atoms with Crippen molar-refractivity contribution in [3.63, 3.8) is 0 Å². The largest absolute Gasteiger partial charge is 0.350 e. The maximum Gasteiger partial charge on any atom is 0.350 e. The smallest absolute Gasteiger partial charge is 0.260 e. The Hall–Kier alpha value is -1.36. The summed E-state index contributed by atoms with van der Waals surface area (Å²) in [7, 11) is 0.